The molecular weight excluding hydrogens is 360 g/mol. The lowest BCUT2D eigenvalue weighted by Crippen LogP contribution is -2.24. The maximum atomic E-state index is 12.5. The summed E-state index contributed by atoms with van der Waals surface area (Å²) in [4.78, 5) is 0.234. The Hall–Kier alpha value is -1.85. The minimum Gasteiger partial charge on any atom is -0.494 e. The normalized spacial score (nSPS) is 20.4. The van der Waals surface area contributed by atoms with Gasteiger partial charge in [-0.2, -0.15) is 8.42 Å². The van der Waals surface area contributed by atoms with Crippen LogP contribution in [0.5, 0.6) is 5.75 Å². The Morgan fingerprint density at radius 3 is 2.15 bits per heavy atom. The van der Waals surface area contributed by atoms with Crippen molar-refractivity contribution in [1.82, 2.24) is 0 Å². The van der Waals surface area contributed by atoms with E-state index < -0.39 is 10.1 Å². The van der Waals surface area contributed by atoms with Crippen LogP contribution in [0.25, 0.3) is 0 Å². The van der Waals surface area contributed by atoms with Gasteiger partial charge in [0.15, 0.2) is 0 Å². The van der Waals surface area contributed by atoms with E-state index >= 15 is 0 Å². The van der Waals surface area contributed by atoms with Crippen molar-refractivity contribution >= 4 is 10.1 Å². The van der Waals surface area contributed by atoms with E-state index in [1.807, 2.05) is 19.1 Å². The van der Waals surface area contributed by atoms with Crippen LogP contribution in [0.1, 0.15) is 56.1 Å². The Bertz CT molecular complexity index is 818. The van der Waals surface area contributed by atoms with E-state index in [2.05, 4.69) is 19.1 Å². The zero-order chi connectivity index (χ0) is 19.3. The monoisotopic (exact) mass is 388 g/mol. The quantitative estimate of drug-likeness (QED) is 0.611. The van der Waals surface area contributed by atoms with Gasteiger partial charge in [-0.25, -0.2) is 0 Å². The first-order valence-corrected chi connectivity index (χ1v) is 11.1. The molecule has 2 aromatic rings. The van der Waals surface area contributed by atoms with Crippen molar-refractivity contribution in [2.24, 2.45) is 0 Å². The summed E-state index contributed by atoms with van der Waals surface area (Å²) in [6, 6.07) is 15.1. The molecule has 0 unspecified atom stereocenters. The van der Waals surface area contributed by atoms with E-state index in [1.165, 1.54) is 5.56 Å². The molecule has 0 aromatic heterocycles. The lowest BCUT2D eigenvalue weighted by molar-refractivity contribution is 0.153. The molecule has 1 aliphatic carbocycles. The van der Waals surface area contributed by atoms with Crippen LogP contribution in [0.4, 0.5) is 0 Å². The zero-order valence-corrected chi connectivity index (χ0v) is 16.9. The molecule has 0 saturated heterocycles. The highest BCUT2D eigenvalue weighted by molar-refractivity contribution is 7.86. The van der Waals surface area contributed by atoms with Crippen LogP contribution in [-0.4, -0.2) is 21.1 Å². The second-order valence-electron chi connectivity index (χ2n) is 7.25. The predicted molar refractivity (Wildman–Crippen MR) is 107 cm³/mol. The fourth-order valence-electron chi connectivity index (χ4n) is 3.49. The molecule has 1 saturated carbocycles. The molecule has 146 valence electrons. The third-order valence-corrected chi connectivity index (χ3v) is 6.45. The fourth-order valence-corrected chi connectivity index (χ4v) is 4.62. The first-order chi connectivity index (χ1) is 13.0. The second kappa shape index (κ2) is 8.89. The van der Waals surface area contributed by atoms with E-state index in [9.17, 15) is 8.42 Å². The van der Waals surface area contributed by atoms with Crippen molar-refractivity contribution < 1.29 is 17.3 Å². The van der Waals surface area contributed by atoms with Gasteiger partial charge in [0.1, 0.15) is 5.75 Å². The van der Waals surface area contributed by atoms with E-state index in [0.717, 1.165) is 50.0 Å². The van der Waals surface area contributed by atoms with Crippen molar-refractivity contribution in [1.29, 1.82) is 0 Å². The summed E-state index contributed by atoms with van der Waals surface area (Å²) in [7, 11) is -3.69. The van der Waals surface area contributed by atoms with Gasteiger partial charge in [-0.3, -0.25) is 4.18 Å². The van der Waals surface area contributed by atoms with Gasteiger partial charge < -0.3 is 4.74 Å². The Labute approximate surface area is 162 Å². The second-order valence-corrected chi connectivity index (χ2v) is 8.83. The summed E-state index contributed by atoms with van der Waals surface area (Å²) in [5, 5.41) is 0. The average molecular weight is 389 g/mol. The van der Waals surface area contributed by atoms with Crippen LogP contribution in [0.3, 0.4) is 0 Å². The lowest BCUT2D eigenvalue weighted by atomic mass is 9.83. The molecule has 0 radical (unpaired) electrons. The number of hydrogen-bond donors (Lipinski definition) is 0. The summed E-state index contributed by atoms with van der Waals surface area (Å²) >= 11 is 0. The molecule has 0 spiro atoms. The van der Waals surface area contributed by atoms with Gasteiger partial charge in [0.25, 0.3) is 10.1 Å². The summed E-state index contributed by atoms with van der Waals surface area (Å²) < 4.78 is 36.0. The van der Waals surface area contributed by atoms with Gasteiger partial charge in [0.2, 0.25) is 0 Å². The standard InChI is InChI=1S/C22H28O4S/c1-3-16-25-20-10-6-18(7-11-20)19-8-12-21(13-9-19)26-27(23,24)22-14-4-17(2)5-15-22/h4-7,10-11,14-15,19,21H,3,8-9,12-13,16H2,1-2H3/t19-,21-. The van der Waals surface area contributed by atoms with Gasteiger partial charge in [0.05, 0.1) is 17.6 Å². The van der Waals surface area contributed by atoms with Crippen LogP contribution >= 0.6 is 0 Å². The maximum Gasteiger partial charge on any atom is 0.297 e. The number of benzene rings is 2. The SMILES string of the molecule is CCCOc1ccc([C@H]2CC[C@H](OS(=O)(=O)c3ccc(C)cc3)CC2)cc1. The predicted octanol–water partition coefficient (Wildman–Crippen LogP) is 5.22. The van der Waals surface area contributed by atoms with E-state index in [0.29, 0.717) is 5.92 Å². The molecule has 1 aliphatic rings. The maximum absolute atomic E-state index is 12.5. The highest BCUT2D eigenvalue weighted by Crippen LogP contribution is 2.35. The highest BCUT2D eigenvalue weighted by Gasteiger charge is 2.27. The molecule has 27 heavy (non-hydrogen) atoms. The van der Waals surface area contributed by atoms with Gasteiger partial charge in [-0.1, -0.05) is 36.8 Å². The number of hydrogen-bond acceptors (Lipinski definition) is 4. The van der Waals surface area contributed by atoms with Crippen LogP contribution in [0.2, 0.25) is 0 Å². The van der Waals surface area contributed by atoms with Crippen molar-refractivity contribution in [3.63, 3.8) is 0 Å². The van der Waals surface area contributed by atoms with Crippen LogP contribution in [-0.2, 0) is 14.3 Å². The van der Waals surface area contributed by atoms with E-state index in [1.54, 1.807) is 24.3 Å². The third-order valence-electron chi connectivity index (χ3n) is 5.07. The van der Waals surface area contributed by atoms with Crippen LogP contribution < -0.4 is 4.74 Å². The molecule has 1 fully saturated rings. The van der Waals surface area contributed by atoms with E-state index in [-0.39, 0.29) is 11.0 Å². The van der Waals surface area contributed by atoms with Gasteiger partial charge in [0, 0.05) is 0 Å². The molecule has 3 rings (SSSR count). The van der Waals surface area contributed by atoms with Crippen molar-refractivity contribution in [3.8, 4) is 5.75 Å². The first-order valence-electron chi connectivity index (χ1n) is 9.70. The molecule has 0 bridgehead atoms. The van der Waals surface area contributed by atoms with Crippen molar-refractivity contribution in [3.05, 3.63) is 59.7 Å². The van der Waals surface area contributed by atoms with Gasteiger partial charge >= 0.3 is 0 Å². The number of ether oxygens (including phenoxy) is 1. The molecular formula is C22H28O4S. The average Bonchev–Trinajstić information content (AvgIpc) is 2.67. The van der Waals surface area contributed by atoms with Crippen LogP contribution in [0, 0.1) is 6.92 Å². The molecule has 2 aromatic carbocycles. The lowest BCUT2D eigenvalue weighted by Gasteiger charge is -2.28. The molecule has 0 amide bonds. The highest BCUT2D eigenvalue weighted by atomic mass is 32.2. The minimum absolute atomic E-state index is 0.234. The molecule has 0 aliphatic heterocycles. The Balaban J connectivity index is 1.54. The smallest absolute Gasteiger partial charge is 0.297 e. The van der Waals surface area contributed by atoms with E-state index in [4.69, 9.17) is 8.92 Å². The van der Waals surface area contributed by atoms with Gasteiger partial charge in [-0.15, -0.1) is 0 Å². The zero-order valence-electron chi connectivity index (χ0n) is 16.1. The molecule has 5 heteroatoms. The van der Waals surface area contributed by atoms with Crippen molar-refractivity contribution in [2.75, 3.05) is 6.61 Å². The molecule has 4 nitrogen and oxygen atoms in total. The number of rotatable bonds is 7. The molecule has 0 N–H and O–H groups in total. The largest absolute Gasteiger partial charge is 0.494 e. The summed E-state index contributed by atoms with van der Waals surface area (Å²) in [6.07, 6.45) is 4.14. The molecule has 0 atom stereocenters. The molecule has 0 heterocycles. The summed E-state index contributed by atoms with van der Waals surface area (Å²) in [5.74, 6) is 1.36. The van der Waals surface area contributed by atoms with Crippen molar-refractivity contribution in [2.45, 2.75) is 62.9 Å². The first kappa shape index (κ1) is 19.9. The topological polar surface area (TPSA) is 52.6 Å². The third kappa shape index (κ3) is 5.33. The summed E-state index contributed by atoms with van der Waals surface area (Å²) in [6.45, 7) is 4.76. The Morgan fingerprint density at radius 2 is 1.56 bits per heavy atom. The Kier molecular flexibility index (Phi) is 6.55. The number of aryl methyl sites for hydroxylation is 1. The minimum atomic E-state index is -3.69. The Morgan fingerprint density at radius 1 is 0.926 bits per heavy atom. The fraction of sp³-hybridized carbons (Fsp3) is 0.455. The van der Waals surface area contributed by atoms with Crippen LogP contribution in [0.15, 0.2) is 53.4 Å². The summed E-state index contributed by atoms with van der Waals surface area (Å²) in [5.41, 5.74) is 2.32. The van der Waals surface area contributed by atoms with Gasteiger partial charge in [-0.05, 0) is 74.8 Å².